The van der Waals surface area contributed by atoms with Crippen LogP contribution >= 0.6 is 11.3 Å². The van der Waals surface area contributed by atoms with Crippen LogP contribution in [0.5, 0.6) is 0 Å². The second kappa shape index (κ2) is 10.4. The summed E-state index contributed by atoms with van der Waals surface area (Å²) in [5.41, 5.74) is 1.72. The molecule has 7 nitrogen and oxygen atoms in total. The lowest BCUT2D eigenvalue weighted by atomic mass is 10.2. The summed E-state index contributed by atoms with van der Waals surface area (Å²) in [5, 5.41) is 12.4. The molecule has 4 N–H and O–H groups in total. The van der Waals surface area contributed by atoms with E-state index in [1.807, 2.05) is 5.38 Å². The predicted octanol–water partition coefficient (Wildman–Crippen LogP) is 4.00. The topological polar surface area (TPSA) is 99.3 Å². The number of urea groups is 1. The zero-order valence-electron chi connectivity index (χ0n) is 16.7. The van der Waals surface area contributed by atoms with E-state index in [9.17, 15) is 18.8 Å². The van der Waals surface area contributed by atoms with Crippen molar-refractivity contribution < 1.29 is 18.8 Å². The van der Waals surface area contributed by atoms with Gasteiger partial charge in [0, 0.05) is 30.0 Å². The van der Waals surface area contributed by atoms with Crippen LogP contribution in [-0.2, 0) is 0 Å². The van der Waals surface area contributed by atoms with E-state index in [0.717, 1.165) is 0 Å². The molecule has 0 saturated carbocycles. The van der Waals surface area contributed by atoms with Gasteiger partial charge in [0.15, 0.2) is 0 Å². The van der Waals surface area contributed by atoms with Crippen LogP contribution in [0.2, 0.25) is 0 Å². The van der Waals surface area contributed by atoms with Gasteiger partial charge in [-0.15, -0.1) is 11.3 Å². The highest BCUT2D eigenvalue weighted by atomic mass is 32.1. The van der Waals surface area contributed by atoms with Crippen LogP contribution in [0.15, 0.2) is 60.0 Å². The molecular weight excluding hydrogens is 419 g/mol. The van der Waals surface area contributed by atoms with Gasteiger partial charge in [-0.25, -0.2) is 9.18 Å². The Kier molecular flexibility index (Phi) is 7.34. The molecule has 0 aliphatic heterocycles. The first-order valence-corrected chi connectivity index (χ1v) is 10.3. The van der Waals surface area contributed by atoms with Gasteiger partial charge in [-0.2, -0.15) is 0 Å². The minimum absolute atomic E-state index is 0.175. The molecule has 9 heteroatoms. The van der Waals surface area contributed by atoms with Crippen molar-refractivity contribution in [1.82, 2.24) is 10.6 Å². The van der Waals surface area contributed by atoms with Crippen molar-refractivity contribution in [2.45, 2.75) is 6.92 Å². The minimum atomic E-state index is -0.526. The van der Waals surface area contributed by atoms with Crippen molar-refractivity contribution in [2.75, 3.05) is 23.7 Å². The zero-order valence-corrected chi connectivity index (χ0v) is 17.5. The number of hydrogen-bond donors (Lipinski definition) is 4. The second-order valence-corrected chi connectivity index (χ2v) is 7.56. The molecule has 3 aromatic rings. The van der Waals surface area contributed by atoms with Crippen molar-refractivity contribution in [3.63, 3.8) is 0 Å². The summed E-state index contributed by atoms with van der Waals surface area (Å²) in [6, 6.07) is 13.7. The molecule has 2 aromatic carbocycles. The Hall–Kier alpha value is -3.72. The van der Waals surface area contributed by atoms with Crippen LogP contribution in [0.3, 0.4) is 0 Å². The molecule has 31 heavy (non-hydrogen) atoms. The van der Waals surface area contributed by atoms with Crippen molar-refractivity contribution in [1.29, 1.82) is 0 Å². The molecule has 0 aliphatic rings. The number of nitrogens with one attached hydrogen (secondary N) is 4. The van der Waals surface area contributed by atoms with Crippen LogP contribution in [0.1, 0.15) is 25.6 Å². The lowest BCUT2D eigenvalue weighted by Crippen LogP contribution is -2.34. The summed E-state index contributed by atoms with van der Waals surface area (Å²) in [4.78, 5) is 36.7. The Morgan fingerprint density at radius 2 is 1.52 bits per heavy atom. The molecule has 0 atom stereocenters. The lowest BCUT2D eigenvalue weighted by molar-refractivity contribution is 0.0929. The van der Waals surface area contributed by atoms with Gasteiger partial charge in [0.1, 0.15) is 5.82 Å². The predicted molar refractivity (Wildman–Crippen MR) is 119 cm³/mol. The third-order valence-electron chi connectivity index (χ3n) is 4.28. The van der Waals surface area contributed by atoms with Crippen molar-refractivity contribution in [2.24, 2.45) is 0 Å². The van der Waals surface area contributed by atoms with Crippen LogP contribution in [0.4, 0.5) is 20.6 Å². The number of anilines is 2. The monoisotopic (exact) mass is 440 g/mol. The first-order chi connectivity index (χ1) is 14.9. The number of carbonyl (C=O) groups is 3. The van der Waals surface area contributed by atoms with Crippen LogP contribution in [0.25, 0.3) is 0 Å². The first-order valence-electron chi connectivity index (χ1n) is 9.46. The number of rotatable bonds is 7. The molecule has 160 valence electrons. The van der Waals surface area contributed by atoms with Gasteiger partial charge >= 0.3 is 6.03 Å². The highest BCUT2D eigenvalue weighted by Gasteiger charge is 2.09. The summed E-state index contributed by atoms with van der Waals surface area (Å²) in [5.74, 6) is -0.873. The van der Waals surface area contributed by atoms with E-state index in [4.69, 9.17) is 0 Å². The SMILES string of the molecule is Cc1ccc(NC(=O)Nc2ccc(C(=O)NCCNC(=O)c3cccs3)cc2)cc1F. The van der Waals surface area contributed by atoms with Crippen molar-refractivity contribution in [3.8, 4) is 0 Å². The smallest absolute Gasteiger partial charge is 0.323 e. The average Bonchev–Trinajstić information content (AvgIpc) is 3.29. The molecule has 0 bridgehead atoms. The van der Waals surface area contributed by atoms with Gasteiger partial charge in [0.25, 0.3) is 11.8 Å². The van der Waals surface area contributed by atoms with E-state index in [2.05, 4.69) is 21.3 Å². The molecule has 0 saturated heterocycles. The van der Waals surface area contributed by atoms with Gasteiger partial charge in [-0.3, -0.25) is 9.59 Å². The molecule has 0 fully saturated rings. The Labute approximate surface area is 182 Å². The number of benzene rings is 2. The standard InChI is InChI=1S/C22H21FN4O3S/c1-14-4-7-17(13-18(14)23)27-22(30)26-16-8-5-15(6-9-16)20(28)24-10-11-25-21(29)19-3-2-12-31-19/h2-9,12-13H,10-11H2,1H3,(H,24,28)(H,25,29)(H2,26,27,30). The maximum atomic E-state index is 13.6. The first kappa shape index (κ1) is 22.0. The number of aryl methyl sites for hydroxylation is 1. The Balaban J connectivity index is 1.43. The van der Waals surface area contributed by atoms with E-state index in [1.165, 1.54) is 17.4 Å². The zero-order chi connectivity index (χ0) is 22.2. The fourth-order valence-corrected chi connectivity index (χ4v) is 3.26. The summed E-state index contributed by atoms with van der Waals surface area (Å²) in [7, 11) is 0. The number of carbonyl (C=O) groups excluding carboxylic acids is 3. The molecule has 1 aromatic heterocycles. The van der Waals surface area contributed by atoms with Crippen LogP contribution < -0.4 is 21.3 Å². The summed E-state index contributed by atoms with van der Waals surface area (Å²) in [6.07, 6.45) is 0. The minimum Gasteiger partial charge on any atom is -0.350 e. The lowest BCUT2D eigenvalue weighted by Gasteiger charge is -2.10. The van der Waals surface area contributed by atoms with E-state index < -0.39 is 11.8 Å². The quantitative estimate of drug-likeness (QED) is 0.418. The maximum absolute atomic E-state index is 13.6. The number of thiophene rings is 1. The highest BCUT2D eigenvalue weighted by molar-refractivity contribution is 7.12. The third kappa shape index (κ3) is 6.38. The molecule has 0 radical (unpaired) electrons. The van der Waals surface area contributed by atoms with E-state index in [-0.39, 0.29) is 18.4 Å². The molecule has 3 rings (SSSR count). The second-order valence-electron chi connectivity index (χ2n) is 6.61. The molecule has 0 spiro atoms. The van der Waals surface area contributed by atoms with Crippen molar-refractivity contribution in [3.05, 3.63) is 81.8 Å². The highest BCUT2D eigenvalue weighted by Crippen LogP contribution is 2.15. The largest absolute Gasteiger partial charge is 0.350 e. The summed E-state index contributed by atoms with van der Waals surface area (Å²) in [6.45, 7) is 2.23. The summed E-state index contributed by atoms with van der Waals surface area (Å²) < 4.78 is 13.6. The fraction of sp³-hybridized carbons (Fsp3) is 0.136. The normalized spacial score (nSPS) is 10.3. The Bertz CT molecular complexity index is 1070. The van der Waals surface area contributed by atoms with Crippen molar-refractivity contribution >= 4 is 40.6 Å². The fourth-order valence-electron chi connectivity index (χ4n) is 2.62. The number of halogens is 1. The third-order valence-corrected chi connectivity index (χ3v) is 5.14. The van der Waals surface area contributed by atoms with Crippen LogP contribution in [0, 0.1) is 12.7 Å². The molecule has 1 heterocycles. The Morgan fingerprint density at radius 3 is 2.16 bits per heavy atom. The summed E-state index contributed by atoms with van der Waals surface area (Å²) >= 11 is 1.35. The molecule has 4 amide bonds. The number of amides is 4. The van der Waals surface area contributed by atoms with Gasteiger partial charge in [0.05, 0.1) is 4.88 Å². The molecule has 0 aliphatic carbocycles. The Morgan fingerprint density at radius 1 is 0.871 bits per heavy atom. The van der Waals surface area contributed by atoms with E-state index in [0.29, 0.717) is 33.9 Å². The maximum Gasteiger partial charge on any atom is 0.323 e. The average molecular weight is 441 g/mol. The molecule has 0 unspecified atom stereocenters. The van der Waals surface area contributed by atoms with Gasteiger partial charge in [0.2, 0.25) is 0 Å². The van der Waals surface area contributed by atoms with E-state index >= 15 is 0 Å². The van der Waals surface area contributed by atoms with Gasteiger partial charge in [-0.1, -0.05) is 12.1 Å². The van der Waals surface area contributed by atoms with Crippen LogP contribution in [-0.4, -0.2) is 30.9 Å². The molecular formula is C22H21FN4O3S. The van der Waals surface area contributed by atoms with E-state index in [1.54, 1.807) is 55.5 Å². The van der Waals surface area contributed by atoms with Gasteiger partial charge in [-0.05, 0) is 60.3 Å². The van der Waals surface area contributed by atoms with Gasteiger partial charge < -0.3 is 21.3 Å². The number of hydrogen-bond acceptors (Lipinski definition) is 4.